The lowest BCUT2D eigenvalue weighted by Gasteiger charge is -2.09. The first-order valence-corrected chi connectivity index (χ1v) is 10.2. The second kappa shape index (κ2) is 8.17. The van der Waals surface area contributed by atoms with Gasteiger partial charge >= 0.3 is 6.09 Å². The van der Waals surface area contributed by atoms with E-state index in [4.69, 9.17) is 16.3 Å². The van der Waals surface area contributed by atoms with Gasteiger partial charge in [0.1, 0.15) is 11.6 Å². The Kier molecular flexibility index (Phi) is 5.46. The molecule has 28 heavy (non-hydrogen) atoms. The number of hydrogen-bond donors (Lipinski definition) is 1. The molecular formula is C22H18ClNO3S. The Morgan fingerprint density at radius 2 is 1.89 bits per heavy atom. The van der Waals surface area contributed by atoms with Gasteiger partial charge in [0.05, 0.1) is 5.56 Å². The van der Waals surface area contributed by atoms with Crippen LogP contribution < -0.4 is 5.32 Å². The van der Waals surface area contributed by atoms with Crippen LogP contribution in [0.4, 0.5) is 9.80 Å². The Hall–Kier alpha value is -2.63. The zero-order chi connectivity index (χ0) is 19.5. The van der Waals surface area contributed by atoms with Crippen LogP contribution in [0.15, 0.2) is 54.6 Å². The molecule has 1 amide bonds. The van der Waals surface area contributed by atoms with Gasteiger partial charge in [0, 0.05) is 15.5 Å². The van der Waals surface area contributed by atoms with Gasteiger partial charge in [0.2, 0.25) is 0 Å². The number of aryl methyl sites for hydroxylation is 1. The summed E-state index contributed by atoms with van der Waals surface area (Å²) < 4.78 is 5.32. The van der Waals surface area contributed by atoms with Crippen LogP contribution in [0.1, 0.15) is 38.3 Å². The summed E-state index contributed by atoms with van der Waals surface area (Å²) in [7, 11) is 0. The van der Waals surface area contributed by atoms with Crippen LogP contribution in [0.5, 0.6) is 0 Å². The highest BCUT2D eigenvalue weighted by atomic mass is 35.5. The summed E-state index contributed by atoms with van der Waals surface area (Å²) >= 11 is 7.51. The van der Waals surface area contributed by atoms with E-state index < -0.39 is 6.09 Å². The minimum Gasteiger partial charge on any atom is -0.444 e. The summed E-state index contributed by atoms with van der Waals surface area (Å²) in [5.41, 5.74) is 3.02. The number of hydrogen-bond acceptors (Lipinski definition) is 4. The van der Waals surface area contributed by atoms with Crippen LogP contribution in [-0.4, -0.2) is 11.9 Å². The number of thiophene rings is 1. The Labute approximate surface area is 172 Å². The van der Waals surface area contributed by atoms with E-state index in [2.05, 4.69) is 5.32 Å². The number of anilines is 1. The maximum atomic E-state index is 13.2. The number of halogens is 1. The molecule has 2 aromatic carbocycles. The first-order chi connectivity index (χ1) is 13.6. The molecule has 1 aromatic heterocycles. The fraction of sp³-hybridized carbons (Fsp3) is 0.182. The van der Waals surface area contributed by atoms with E-state index in [1.54, 1.807) is 24.3 Å². The number of carbonyl (C=O) groups is 2. The van der Waals surface area contributed by atoms with Gasteiger partial charge < -0.3 is 4.74 Å². The van der Waals surface area contributed by atoms with Crippen molar-refractivity contribution in [3.63, 3.8) is 0 Å². The monoisotopic (exact) mass is 411 g/mol. The highest BCUT2D eigenvalue weighted by molar-refractivity contribution is 7.17. The lowest BCUT2D eigenvalue weighted by Crippen LogP contribution is -2.15. The topological polar surface area (TPSA) is 55.4 Å². The van der Waals surface area contributed by atoms with Crippen LogP contribution in [0.2, 0.25) is 5.02 Å². The third kappa shape index (κ3) is 3.96. The average molecular weight is 412 g/mol. The highest BCUT2D eigenvalue weighted by Crippen LogP contribution is 2.40. The molecule has 142 valence electrons. The van der Waals surface area contributed by atoms with Crippen molar-refractivity contribution in [3.05, 3.63) is 86.8 Å². The van der Waals surface area contributed by atoms with Crippen LogP contribution in [0.25, 0.3) is 0 Å². The summed E-state index contributed by atoms with van der Waals surface area (Å²) in [4.78, 5) is 26.6. The van der Waals surface area contributed by atoms with E-state index in [0.29, 0.717) is 21.2 Å². The summed E-state index contributed by atoms with van der Waals surface area (Å²) in [6.07, 6.45) is 2.23. The van der Waals surface area contributed by atoms with Crippen LogP contribution in [-0.2, 0) is 24.2 Å². The van der Waals surface area contributed by atoms with Gasteiger partial charge in [-0.2, -0.15) is 0 Å². The van der Waals surface area contributed by atoms with Crippen molar-refractivity contribution in [1.82, 2.24) is 0 Å². The second-order valence-electron chi connectivity index (χ2n) is 6.59. The third-order valence-electron chi connectivity index (χ3n) is 4.66. The Balaban J connectivity index is 1.56. The molecule has 6 heteroatoms. The molecule has 0 aliphatic heterocycles. The number of fused-ring (bicyclic) bond motifs is 1. The maximum Gasteiger partial charge on any atom is 0.412 e. The highest BCUT2D eigenvalue weighted by Gasteiger charge is 2.28. The molecule has 1 N–H and O–H groups in total. The van der Waals surface area contributed by atoms with Gasteiger partial charge in [0.25, 0.3) is 0 Å². The summed E-state index contributed by atoms with van der Waals surface area (Å²) in [6.45, 7) is 0.176. The van der Waals surface area contributed by atoms with E-state index in [1.165, 1.54) is 11.3 Å². The normalized spacial score (nSPS) is 12.5. The van der Waals surface area contributed by atoms with Gasteiger partial charge in [0.15, 0.2) is 5.78 Å². The number of nitrogens with one attached hydrogen (secondary N) is 1. The van der Waals surface area contributed by atoms with Crippen molar-refractivity contribution in [2.45, 2.75) is 25.9 Å². The van der Waals surface area contributed by atoms with Gasteiger partial charge in [-0.05, 0) is 42.5 Å². The summed E-state index contributed by atoms with van der Waals surface area (Å²) in [5.74, 6) is -0.125. The third-order valence-corrected chi connectivity index (χ3v) is 6.11. The first kappa shape index (κ1) is 18.7. The number of ketones is 1. The van der Waals surface area contributed by atoms with Crippen molar-refractivity contribution >= 4 is 39.8 Å². The predicted molar refractivity (Wildman–Crippen MR) is 111 cm³/mol. The molecule has 1 aliphatic rings. The van der Waals surface area contributed by atoms with Crippen molar-refractivity contribution in [1.29, 1.82) is 0 Å². The molecule has 0 spiro atoms. The SMILES string of the molecule is O=C(Nc1sc2c(c1C(=O)c1cccc(Cl)c1)CCC2)OCc1ccccc1. The molecule has 0 fully saturated rings. The second-order valence-corrected chi connectivity index (χ2v) is 8.13. The average Bonchev–Trinajstić information content (AvgIpc) is 3.27. The molecule has 0 bridgehead atoms. The van der Waals surface area contributed by atoms with Crippen molar-refractivity contribution in [2.75, 3.05) is 5.32 Å². The minimum atomic E-state index is -0.566. The van der Waals surface area contributed by atoms with E-state index in [0.717, 1.165) is 35.3 Å². The Bertz CT molecular complexity index is 1030. The van der Waals surface area contributed by atoms with Crippen molar-refractivity contribution in [3.8, 4) is 0 Å². The standard InChI is InChI=1S/C22H18ClNO3S/c23-16-9-4-8-15(12-16)20(25)19-17-10-5-11-18(17)28-21(19)24-22(26)27-13-14-6-2-1-3-7-14/h1-4,6-9,12H,5,10-11,13H2,(H,24,26). The van der Waals surface area contributed by atoms with Gasteiger partial charge in [-0.25, -0.2) is 4.79 Å². The predicted octanol–water partition coefficient (Wildman–Crippen LogP) is 5.87. The van der Waals surface area contributed by atoms with E-state index in [9.17, 15) is 9.59 Å². The van der Waals surface area contributed by atoms with Gasteiger partial charge in [-0.3, -0.25) is 10.1 Å². The molecule has 0 unspecified atom stereocenters. The Morgan fingerprint density at radius 3 is 2.68 bits per heavy atom. The van der Waals surface area contributed by atoms with E-state index >= 15 is 0 Å². The van der Waals surface area contributed by atoms with E-state index in [1.807, 2.05) is 30.3 Å². The number of ether oxygens (including phenoxy) is 1. The van der Waals surface area contributed by atoms with Crippen molar-refractivity contribution < 1.29 is 14.3 Å². The molecule has 1 heterocycles. The zero-order valence-electron chi connectivity index (χ0n) is 15.0. The van der Waals surface area contributed by atoms with Gasteiger partial charge in [-0.15, -0.1) is 11.3 Å². The fourth-order valence-electron chi connectivity index (χ4n) is 3.36. The van der Waals surface area contributed by atoms with E-state index in [-0.39, 0.29) is 12.4 Å². The molecule has 0 radical (unpaired) electrons. The quantitative estimate of drug-likeness (QED) is 0.534. The van der Waals surface area contributed by atoms with Crippen LogP contribution >= 0.6 is 22.9 Å². The number of benzene rings is 2. The number of carbonyl (C=O) groups excluding carboxylic acids is 2. The summed E-state index contributed by atoms with van der Waals surface area (Å²) in [5, 5.41) is 3.84. The lowest BCUT2D eigenvalue weighted by molar-refractivity contribution is 0.103. The van der Waals surface area contributed by atoms with Crippen LogP contribution in [0.3, 0.4) is 0 Å². The molecule has 1 aliphatic carbocycles. The molecular weight excluding hydrogens is 394 g/mol. The zero-order valence-corrected chi connectivity index (χ0v) is 16.6. The Morgan fingerprint density at radius 1 is 1.07 bits per heavy atom. The molecule has 0 saturated heterocycles. The first-order valence-electron chi connectivity index (χ1n) is 9.04. The number of amides is 1. The maximum absolute atomic E-state index is 13.2. The van der Waals surface area contributed by atoms with Crippen LogP contribution in [0, 0.1) is 0 Å². The molecule has 0 saturated carbocycles. The largest absolute Gasteiger partial charge is 0.444 e. The van der Waals surface area contributed by atoms with Crippen molar-refractivity contribution in [2.24, 2.45) is 0 Å². The minimum absolute atomic E-state index is 0.125. The molecule has 0 atom stereocenters. The molecule has 4 rings (SSSR count). The number of rotatable bonds is 5. The lowest BCUT2D eigenvalue weighted by atomic mass is 10.0. The molecule has 3 aromatic rings. The molecule has 4 nitrogen and oxygen atoms in total. The fourth-order valence-corrected chi connectivity index (χ4v) is 4.82. The van der Waals surface area contributed by atoms with Gasteiger partial charge in [-0.1, -0.05) is 54.1 Å². The smallest absolute Gasteiger partial charge is 0.412 e. The summed E-state index contributed by atoms with van der Waals surface area (Å²) in [6, 6.07) is 16.3.